The summed E-state index contributed by atoms with van der Waals surface area (Å²) >= 11 is 7.50. The molecule has 1 aromatic heterocycles. The number of rotatable bonds is 4. The van der Waals surface area contributed by atoms with Crippen LogP contribution in [0.4, 0.5) is 0 Å². The molecule has 1 atom stereocenters. The summed E-state index contributed by atoms with van der Waals surface area (Å²) in [6.07, 6.45) is 1.60. The Morgan fingerprint density at radius 2 is 1.94 bits per heavy atom. The maximum absolute atomic E-state index is 10.2. The minimum atomic E-state index is -0.613. The predicted molar refractivity (Wildman–Crippen MR) is 73.8 cm³/mol. The zero-order chi connectivity index (χ0) is 12.3. The van der Waals surface area contributed by atoms with Crippen molar-refractivity contribution in [2.24, 2.45) is 0 Å². The summed E-state index contributed by atoms with van der Waals surface area (Å²) < 4.78 is 0. The first-order valence-electron chi connectivity index (χ1n) is 5.72. The average molecular weight is 267 g/mol. The number of hydrogen-bond acceptors (Lipinski definition) is 2. The van der Waals surface area contributed by atoms with Crippen molar-refractivity contribution in [2.45, 2.75) is 25.9 Å². The number of hydrogen-bond donors (Lipinski definition) is 1. The lowest BCUT2D eigenvalue weighted by atomic mass is 10.0. The maximum atomic E-state index is 10.2. The second-order valence-corrected chi connectivity index (χ2v) is 5.38. The van der Waals surface area contributed by atoms with Gasteiger partial charge in [0, 0.05) is 0 Å². The fourth-order valence-electron chi connectivity index (χ4n) is 1.81. The Labute approximate surface area is 111 Å². The molecule has 1 aromatic carbocycles. The van der Waals surface area contributed by atoms with Crippen LogP contribution in [0.25, 0.3) is 0 Å². The second-order valence-electron chi connectivity index (χ2n) is 4.03. The van der Waals surface area contributed by atoms with E-state index in [1.807, 2.05) is 23.6 Å². The molecule has 1 heterocycles. The normalized spacial score (nSPS) is 12.6. The standard InChI is InChI=1S/C14H15ClOS/c1-2-3-10-4-6-11(7-5-10)13(16)14-12(15)8-9-17-14/h4-9,13,16H,2-3H2,1H3. The van der Waals surface area contributed by atoms with Gasteiger partial charge in [0.2, 0.25) is 0 Å². The zero-order valence-corrected chi connectivity index (χ0v) is 11.3. The van der Waals surface area contributed by atoms with E-state index in [0.29, 0.717) is 5.02 Å². The van der Waals surface area contributed by atoms with Crippen molar-refractivity contribution in [2.75, 3.05) is 0 Å². The Morgan fingerprint density at radius 3 is 2.47 bits per heavy atom. The third-order valence-corrected chi connectivity index (χ3v) is 4.14. The molecule has 3 heteroatoms. The molecule has 0 radical (unpaired) electrons. The van der Waals surface area contributed by atoms with E-state index in [9.17, 15) is 5.11 Å². The Balaban J connectivity index is 2.20. The van der Waals surface area contributed by atoms with Crippen LogP contribution in [-0.2, 0) is 6.42 Å². The van der Waals surface area contributed by atoms with Gasteiger partial charge in [-0.3, -0.25) is 0 Å². The van der Waals surface area contributed by atoms with E-state index in [0.717, 1.165) is 23.3 Å². The molecule has 0 bridgehead atoms. The quantitative estimate of drug-likeness (QED) is 0.868. The highest BCUT2D eigenvalue weighted by molar-refractivity contribution is 7.10. The fraction of sp³-hybridized carbons (Fsp3) is 0.286. The van der Waals surface area contributed by atoms with Crippen molar-refractivity contribution in [1.82, 2.24) is 0 Å². The summed E-state index contributed by atoms with van der Waals surface area (Å²) in [5.41, 5.74) is 2.20. The molecular formula is C14H15ClOS. The van der Waals surface area contributed by atoms with Gasteiger partial charge in [-0.2, -0.15) is 0 Å². The summed E-state index contributed by atoms with van der Waals surface area (Å²) in [5.74, 6) is 0. The Bertz CT molecular complexity index is 475. The van der Waals surface area contributed by atoms with Crippen LogP contribution in [0.5, 0.6) is 0 Å². The molecule has 2 rings (SSSR count). The molecule has 0 spiro atoms. The first-order chi connectivity index (χ1) is 8.22. The summed E-state index contributed by atoms with van der Waals surface area (Å²) in [5, 5.41) is 12.7. The Hall–Kier alpha value is -0.830. The SMILES string of the molecule is CCCc1ccc(C(O)c2sccc2Cl)cc1. The summed E-state index contributed by atoms with van der Waals surface area (Å²) in [6.45, 7) is 2.16. The minimum Gasteiger partial charge on any atom is -0.383 e. The number of benzene rings is 1. The minimum absolute atomic E-state index is 0.613. The summed E-state index contributed by atoms with van der Waals surface area (Å²) in [7, 11) is 0. The van der Waals surface area contributed by atoms with E-state index in [-0.39, 0.29) is 0 Å². The molecule has 0 fully saturated rings. The van der Waals surface area contributed by atoms with Crippen LogP contribution < -0.4 is 0 Å². The third-order valence-electron chi connectivity index (χ3n) is 2.73. The molecule has 17 heavy (non-hydrogen) atoms. The monoisotopic (exact) mass is 266 g/mol. The Morgan fingerprint density at radius 1 is 1.24 bits per heavy atom. The van der Waals surface area contributed by atoms with E-state index in [1.165, 1.54) is 16.9 Å². The Kier molecular flexibility index (Phi) is 4.21. The van der Waals surface area contributed by atoms with Gasteiger partial charge in [-0.1, -0.05) is 49.2 Å². The third kappa shape index (κ3) is 2.89. The molecule has 0 aliphatic rings. The van der Waals surface area contributed by atoms with E-state index in [4.69, 9.17) is 11.6 Å². The molecule has 2 aromatic rings. The van der Waals surface area contributed by atoms with E-state index < -0.39 is 6.10 Å². The fourth-order valence-corrected chi connectivity index (χ4v) is 2.98. The molecule has 0 aliphatic carbocycles. The number of thiophene rings is 1. The molecule has 1 N–H and O–H groups in total. The van der Waals surface area contributed by atoms with Crippen LogP contribution in [0.15, 0.2) is 35.7 Å². The molecule has 0 saturated heterocycles. The van der Waals surface area contributed by atoms with Crippen LogP contribution in [0.2, 0.25) is 5.02 Å². The highest BCUT2D eigenvalue weighted by Gasteiger charge is 2.14. The van der Waals surface area contributed by atoms with E-state index in [1.54, 1.807) is 0 Å². The van der Waals surface area contributed by atoms with Gasteiger partial charge in [0.15, 0.2) is 0 Å². The number of halogens is 1. The van der Waals surface area contributed by atoms with E-state index in [2.05, 4.69) is 19.1 Å². The molecule has 0 aliphatic heterocycles. The molecule has 90 valence electrons. The lowest BCUT2D eigenvalue weighted by molar-refractivity contribution is 0.224. The first-order valence-corrected chi connectivity index (χ1v) is 6.98. The number of aryl methyl sites for hydroxylation is 1. The highest BCUT2D eigenvalue weighted by Crippen LogP contribution is 2.32. The van der Waals surface area contributed by atoms with Crippen LogP contribution in [0.3, 0.4) is 0 Å². The van der Waals surface area contributed by atoms with Gasteiger partial charge in [0.25, 0.3) is 0 Å². The lowest BCUT2D eigenvalue weighted by Crippen LogP contribution is -1.98. The highest BCUT2D eigenvalue weighted by atomic mass is 35.5. The van der Waals surface area contributed by atoms with Crippen molar-refractivity contribution in [3.8, 4) is 0 Å². The van der Waals surface area contributed by atoms with Gasteiger partial charge < -0.3 is 5.11 Å². The van der Waals surface area contributed by atoms with Crippen molar-refractivity contribution in [1.29, 1.82) is 0 Å². The smallest absolute Gasteiger partial charge is 0.115 e. The van der Waals surface area contributed by atoms with Gasteiger partial charge in [-0.05, 0) is 29.0 Å². The maximum Gasteiger partial charge on any atom is 0.115 e. The van der Waals surface area contributed by atoms with Crippen molar-refractivity contribution < 1.29 is 5.11 Å². The summed E-state index contributed by atoms with van der Waals surface area (Å²) in [6, 6.07) is 9.92. The van der Waals surface area contributed by atoms with Crippen LogP contribution in [-0.4, -0.2) is 5.11 Å². The van der Waals surface area contributed by atoms with Crippen molar-refractivity contribution >= 4 is 22.9 Å². The molecule has 1 nitrogen and oxygen atoms in total. The topological polar surface area (TPSA) is 20.2 Å². The van der Waals surface area contributed by atoms with Gasteiger partial charge in [0.1, 0.15) is 6.10 Å². The van der Waals surface area contributed by atoms with Gasteiger partial charge >= 0.3 is 0 Å². The van der Waals surface area contributed by atoms with Gasteiger partial charge in [-0.25, -0.2) is 0 Å². The van der Waals surface area contributed by atoms with Crippen molar-refractivity contribution in [3.63, 3.8) is 0 Å². The largest absolute Gasteiger partial charge is 0.383 e. The van der Waals surface area contributed by atoms with Crippen LogP contribution in [0.1, 0.15) is 35.5 Å². The zero-order valence-electron chi connectivity index (χ0n) is 9.69. The molecule has 0 amide bonds. The number of aliphatic hydroxyl groups excluding tert-OH is 1. The van der Waals surface area contributed by atoms with Crippen molar-refractivity contribution in [3.05, 3.63) is 56.7 Å². The molecule has 0 saturated carbocycles. The average Bonchev–Trinajstić information content (AvgIpc) is 2.76. The predicted octanol–water partition coefficient (Wildman–Crippen LogP) is 4.44. The van der Waals surface area contributed by atoms with E-state index >= 15 is 0 Å². The first kappa shape index (κ1) is 12.6. The number of aliphatic hydroxyl groups is 1. The molecule has 1 unspecified atom stereocenters. The lowest BCUT2D eigenvalue weighted by Gasteiger charge is -2.10. The summed E-state index contributed by atoms with van der Waals surface area (Å²) in [4.78, 5) is 0.815. The molecular weight excluding hydrogens is 252 g/mol. The van der Waals surface area contributed by atoms with Crippen LogP contribution >= 0.6 is 22.9 Å². The van der Waals surface area contributed by atoms with Gasteiger partial charge in [-0.15, -0.1) is 11.3 Å². The second kappa shape index (κ2) is 5.67. The van der Waals surface area contributed by atoms with Crippen LogP contribution in [0, 0.1) is 0 Å². The van der Waals surface area contributed by atoms with Gasteiger partial charge in [0.05, 0.1) is 9.90 Å².